The van der Waals surface area contributed by atoms with E-state index in [0.29, 0.717) is 63.3 Å². The lowest BCUT2D eigenvalue weighted by molar-refractivity contribution is 0.284. The van der Waals surface area contributed by atoms with Gasteiger partial charge in [0, 0.05) is 18.0 Å². The molecule has 0 saturated carbocycles. The van der Waals surface area contributed by atoms with E-state index < -0.39 is 11.5 Å². The summed E-state index contributed by atoms with van der Waals surface area (Å²) in [5, 5.41) is 5.31. The van der Waals surface area contributed by atoms with Crippen LogP contribution in [0.1, 0.15) is 28.2 Å². The minimum atomic E-state index is -0.672. The quantitative estimate of drug-likeness (QED) is 0.213. The van der Waals surface area contributed by atoms with Crippen LogP contribution < -0.4 is 19.8 Å². The minimum absolute atomic E-state index is 0.319. The van der Waals surface area contributed by atoms with Gasteiger partial charge in [-0.15, -0.1) is 5.10 Å². The van der Waals surface area contributed by atoms with Gasteiger partial charge in [0.05, 0.1) is 29.5 Å². The van der Waals surface area contributed by atoms with E-state index in [1.165, 1.54) is 0 Å². The molecule has 0 radical (unpaired) electrons. The average Bonchev–Trinajstić information content (AvgIpc) is 3.52. The van der Waals surface area contributed by atoms with E-state index in [1.54, 1.807) is 36.4 Å². The number of para-hydroxylation sites is 1. The molecule has 7 aromatic rings. The summed E-state index contributed by atoms with van der Waals surface area (Å²) in [5.41, 5.74) is 3.80. The van der Waals surface area contributed by atoms with E-state index in [0.717, 1.165) is 16.7 Å². The molecular formula is C34H23N5O5. The average molecular weight is 582 g/mol. The molecule has 1 aliphatic rings. The number of benzene rings is 3. The van der Waals surface area contributed by atoms with Crippen molar-refractivity contribution in [2.45, 2.75) is 12.5 Å². The van der Waals surface area contributed by atoms with E-state index in [-0.39, 0.29) is 0 Å². The zero-order chi connectivity index (χ0) is 29.6. The predicted octanol–water partition coefficient (Wildman–Crippen LogP) is 6.17. The molecule has 4 aromatic heterocycles. The maximum Gasteiger partial charge on any atom is 0.344 e. The lowest BCUT2D eigenvalue weighted by atomic mass is 9.84. The second kappa shape index (κ2) is 10.4. The molecule has 1 aliphatic heterocycles. The number of hydrogen-bond donors (Lipinski definition) is 0. The lowest BCUT2D eigenvalue weighted by Gasteiger charge is -2.27. The Labute approximate surface area is 250 Å². The first-order valence-electron chi connectivity index (χ1n) is 13.9. The summed E-state index contributed by atoms with van der Waals surface area (Å²) in [6, 6.07) is 26.5. The highest BCUT2D eigenvalue weighted by atomic mass is 16.5. The van der Waals surface area contributed by atoms with Crippen LogP contribution in [-0.4, -0.2) is 31.7 Å². The Bertz CT molecular complexity index is 2230. The number of pyridine rings is 1. The summed E-state index contributed by atoms with van der Waals surface area (Å²) in [6.45, 7) is 0.371. The standard InChI is InChI=1S/C34H23N5O5/c1-41-26-16-21(13-14-25(26)42-18-20-8-3-2-4-9-20)27-28-30(23-11-5-6-12-24(23)43-34(28)40)44-33-29(27)32-37-31(38-39(32)19-36-33)22-10-7-15-35-17-22/h2-17,19,27H,18H2,1H3. The van der Waals surface area contributed by atoms with Crippen LogP contribution >= 0.6 is 0 Å². The smallest absolute Gasteiger partial charge is 0.344 e. The third-order valence-electron chi connectivity index (χ3n) is 7.64. The van der Waals surface area contributed by atoms with Crippen LogP contribution in [-0.2, 0) is 6.61 Å². The van der Waals surface area contributed by atoms with E-state index in [4.69, 9.17) is 23.6 Å². The molecule has 10 nitrogen and oxygen atoms in total. The minimum Gasteiger partial charge on any atom is -0.493 e. The van der Waals surface area contributed by atoms with Gasteiger partial charge in [-0.3, -0.25) is 4.98 Å². The zero-order valence-corrected chi connectivity index (χ0v) is 23.4. The van der Waals surface area contributed by atoms with Crippen molar-refractivity contribution in [1.29, 1.82) is 0 Å². The fourth-order valence-corrected chi connectivity index (χ4v) is 5.60. The van der Waals surface area contributed by atoms with Crippen LogP contribution in [0, 0.1) is 0 Å². The molecule has 0 bridgehead atoms. The van der Waals surface area contributed by atoms with Gasteiger partial charge < -0.3 is 18.6 Å². The van der Waals surface area contributed by atoms with Crippen molar-refractivity contribution in [2.24, 2.45) is 0 Å². The number of ether oxygens (including phenoxy) is 3. The SMILES string of the molecule is COc1cc(C2c3c(c4ccccc4oc3=O)Oc3ncn4nc(-c5cccnc5)nc4c32)ccc1OCc1ccccc1. The molecule has 0 aliphatic carbocycles. The first kappa shape index (κ1) is 25.7. The largest absolute Gasteiger partial charge is 0.493 e. The molecule has 0 amide bonds. The van der Waals surface area contributed by atoms with Crippen LogP contribution in [0.4, 0.5) is 0 Å². The monoisotopic (exact) mass is 581 g/mol. The summed E-state index contributed by atoms with van der Waals surface area (Å²) in [4.78, 5) is 27.4. The van der Waals surface area contributed by atoms with Crippen LogP contribution in [0.5, 0.6) is 23.1 Å². The summed E-state index contributed by atoms with van der Waals surface area (Å²) in [6.07, 6.45) is 4.93. The Morgan fingerprint density at radius 3 is 2.64 bits per heavy atom. The first-order chi connectivity index (χ1) is 21.7. The maximum atomic E-state index is 13.7. The molecule has 0 spiro atoms. The lowest BCUT2D eigenvalue weighted by Crippen LogP contribution is -2.22. The van der Waals surface area contributed by atoms with Crippen LogP contribution in [0.2, 0.25) is 0 Å². The van der Waals surface area contributed by atoms with E-state index in [2.05, 4.69) is 15.1 Å². The van der Waals surface area contributed by atoms with Gasteiger partial charge in [0.2, 0.25) is 5.88 Å². The Morgan fingerprint density at radius 2 is 1.80 bits per heavy atom. The van der Waals surface area contributed by atoms with Gasteiger partial charge in [0.25, 0.3) is 0 Å². The number of methoxy groups -OCH3 is 1. The summed E-state index contributed by atoms with van der Waals surface area (Å²) in [5.74, 6) is 1.58. The number of nitrogens with zero attached hydrogens (tertiary/aromatic N) is 5. The molecule has 10 heteroatoms. The van der Waals surface area contributed by atoms with Gasteiger partial charge in [-0.25, -0.2) is 19.3 Å². The highest BCUT2D eigenvalue weighted by Crippen LogP contribution is 2.49. The highest BCUT2D eigenvalue weighted by Gasteiger charge is 2.38. The van der Waals surface area contributed by atoms with Crippen LogP contribution in [0.15, 0.2) is 113 Å². The van der Waals surface area contributed by atoms with Crippen molar-refractivity contribution in [2.75, 3.05) is 7.11 Å². The second-order valence-electron chi connectivity index (χ2n) is 10.3. The van der Waals surface area contributed by atoms with Crippen molar-refractivity contribution in [3.63, 3.8) is 0 Å². The summed E-state index contributed by atoms with van der Waals surface area (Å²) < 4.78 is 25.7. The summed E-state index contributed by atoms with van der Waals surface area (Å²) in [7, 11) is 1.58. The van der Waals surface area contributed by atoms with Crippen molar-refractivity contribution in [3.05, 3.63) is 136 Å². The fourth-order valence-electron chi connectivity index (χ4n) is 5.60. The van der Waals surface area contributed by atoms with Crippen LogP contribution in [0.25, 0.3) is 28.0 Å². The van der Waals surface area contributed by atoms with Crippen LogP contribution in [0.3, 0.4) is 0 Å². The normalized spacial score (nSPS) is 13.7. The Morgan fingerprint density at radius 1 is 0.932 bits per heavy atom. The Balaban J connectivity index is 1.33. The molecular weight excluding hydrogens is 558 g/mol. The molecule has 1 atom stereocenters. The van der Waals surface area contributed by atoms with Gasteiger partial charge in [0.1, 0.15) is 18.5 Å². The third-order valence-corrected chi connectivity index (χ3v) is 7.64. The molecule has 214 valence electrons. The summed E-state index contributed by atoms with van der Waals surface area (Å²) >= 11 is 0. The van der Waals surface area contributed by atoms with Gasteiger partial charge in [-0.05, 0) is 47.5 Å². The van der Waals surface area contributed by atoms with Crippen molar-refractivity contribution < 1.29 is 18.6 Å². The maximum absolute atomic E-state index is 13.7. The molecule has 0 saturated heterocycles. The molecule has 0 fully saturated rings. The molecule has 1 unspecified atom stereocenters. The number of fused-ring (bicyclic) bond motifs is 6. The third kappa shape index (κ3) is 4.23. The van der Waals surface area contributed by atoms with Gasteiger partial charge in [0.15, 0.2) is 28.7 Å². The number of hydrogen-bond acceptors (Lipinski definition) is 9. The van der Waals surface area contributed by atoms with E-state index >= 15 is 0 Å². The first-order valence-corrected chi connectivity index (χ1v) is 13.9. The highest BCUT2D eigenvalue weighted by molar-refractivity contribution is 5.87. The van der Waals surface area contributed by atoms with E-state index in [9.17, 15) is 4.79 Å². The molecule has 8 rings (SSSR count). The van der Waals surface area contributed by atoms with E-state index in [1.807, 2.05) is 78.9 Å². The Kier molecular flexibility index (Phi) is 6.04. The Hall–Kier alpha value is -6.03. The zero-order valence-electron chi connectivity index (χ0n) is 23.4. The van der Waals surface area contributed by atoms with Crippen molar-refractivity contribution in [3.8, 4) is 34.5 Å². The fraction of sp³-hybridized carbons (Fsp3) is 0.0882. The molecule has 44 heavy (non-hydrogen) atoms. The van der Waals surface area contributed by atoms with Crippen molar-refractivity contribution >= 4 is 16.6 Å². The van der Waals surface area contributed by atoms with Gasteiger partial charge in [-0.1, -0.05) is 48.5 Å². The molecule has 5 heterocycles. The number of rotatable bonds is 6. The molecule has 3 aromatic carbocycles. The molecule has 0 N–H and O–H groups in total. The predicted molar refractivity (Wildman–Crippen MR) is 161 cm³/mol. The van der Waals surface area contributed by atoms with Gasteiger partial charge in [-0.2, -0.15) is 0 Å². The topological polar surface area (TPSA) is 114 Å². The van der Waals surface area contributed by atoms with Gasteiger partial charge >= 0.3 is 5.63 Å². The number of aromatic nitrogens is 5. The van der Waals surface area contributed by atoms with Crippen molar-refractivity contribution in [1.82, 2.24) is 24.6 Å². The second-order valence-corrected chi connectivity index (χ2v) is 10.3.